The lowest BCUT2D eigenvalue weighted by molar-refractivity contribution is 0.587. The zero-order valence-electron chi connectivity index (χ0n) is 9.59. The molecule has 0 bridgehead atoms. The largest absolute Gasteiger partial charge is 0.309 e. The van der Waals surface area contributed by atoms with Crippen molar-refractivity contribution in [2.45, 2.75) is 13.1 Å². The monoisotopic (exact) mass is 327 g/mol. The van der Waals surface area contributed by atoms with Crippen molar-refractivity contribution in [2.24, 2.45) is 0 Å². The van der Waals surface area contributed by atoms with Crippen molar-refractivity contribution in [1.82, 2.24) is 5.32 Å². The van der Waals surface area contributed by atoms with Crippen molar-refractivity contribution in [3.05, 3.63) is 68.9 Å². The van der Waals surface area contributed by atoms with Gasteiger partial charge in [0, 0.05) is 28.1 Å². The third-order valence-electron chi connectivity index (χ3n) is 2.57. The Kier molecular flexibility index (Phi) is 4.75. The Hall–Kier alpha value is -0.900. The van der Waals surface area contributed by atoms with Gasteiger partial charge in [-0.3, -0.25) is 0 Å². The standard InChI is InChI=1S/C14H12BrClFN/c15-12-4-3-11(14(17)7-12)9-18-8-10-1-5-13(16)6-2-10/h1-7,18H,8-9H2. The second kappa shape index (κ2) is 6.32. The Bertz CT molecular complexity index is 528. The fourth-order valence-corrected chi connectivity index (χ4v) is 2.07. The number of nitrogens with one attached hydrogen (secondary N) is 1. The first-order chi connectivity index (χ1) is 8.65. The molecule has 0 saturated heterocycles. The van der Waals surface area contributed by atoms with Gasteiger partial charge < -0.3 is 5.32 Å². The van der Waals surface area contributed by atoms with Gasteiger partial charge in [-0.25, -0.2) is 4.39 Å². The van der Waals surface area contributed by atoms with Gasteiger partial charge in [0.1, 0.15) is 5.82 Å². The summed E-state index contributed by atoms with van der Waals surface area (Å²) in [7, 11) is 0. The van der Waals surface area contributed by atoms with Crippen LogP contribution in [0.1, 0.15) is 11.1 Å². The van der Waals surface area contributed by atoms with Crippen LogP contribution in [0.4, 0.5) is 4.39 Å². The summed E-state index contributed by atoms with van der Waals surface area (Å²) in [6.45, 7) is 1.19. The number of halogens is 3. The van der Waals surface area contributed by atoms with Crippen molar-refractivity contribution in [3.8, 4) is 0 Å². The topological polar surface area (TPSA) is 12.0 Å². The highest BCUT2D eigenvalue weighted by molar-refractivity contribution is 9.10. The predicted octanol–water partition coefficient (Wildman–Crippen LogP) is 4.53. The Morgan fingerprint density at radius 3 is 2.44 bits per heavy atom. The van der Waals surface area contributed by atoms with Crippen LogP contribution in [0.2, 0.25) is 5.02 Å². The summed E-state index contributed by atoms with van der Waals surface area (Å²) in [5.74, 6) is -0.201. The van der Waals surface area contributed by atoms with Gasteiger partial charge >= 0.3 is 0 Å². The molecule has 0 unspecified atom stereocenters. The molecule has 0 aliphatic heterocycles. The minimum atomic E-state index is -0.201. The molecule has 0 aliphatic carbocycles. The molecule has 0 fully saturated rings. The molecule has 0 aliphatic rings. The summed E-state index contributed by atoms with van der Waals surface area (Å²) in [4.78, 5) is 0. The molecule has 0 amide bonds. The third-order valence-corrected chi connectivity index (χ3v) is 3.32. The molecule has 2 aromatic rings. The fraction of sp³-hybridized carbons (Fsp3) is 0.143. The van der Waals surface area contributed by atoms with E-state index < -0.39 is 0 Å². The Morgan fingerprint density at radius 2 is 1.78 bits per heavy atom. The summed E-state index contributed by atoms with van der Waals surface area (Å²) < 4.78 is 14.3. The van der Waals surface area contributed by atoms with Gasteiger partial charge in [-0.05, 0) is 29.8 Å². The summed E-state index contributed by atoms with van der Waals surface area (Å²) in [5.41, 5.74) is 1.78. The first kappa shape index (κ1) is 13.5. The quantitative estimate of drug-likeness (QED) is 0.869. The van der Waals surface area contributed by atoms with Gasteiger partial charge in [0.05, 0.1) is 0 Å². The highest BCUT2D eigenvalue weighted by Crippen LogP contribution is 2.15. The second-order valence-electron chi connectivity index (χ2n) is 3.97. The Balaban J connectivity index is 1.90. The average Bonchev–Trinajstić information content (AvgIpc) is 2.34. The van der Waals surface area contributed by atoms with Gasteiger partial charge in [-0.2, -0.15) is 0 Å². The lowest BCUT2D eigenvalue weighted by Gasteiger charge is -2.06. The maximum atomic E-state index is 13.5. The normalized spacial score (nSPS) is 10.6. The molecule has 0 aromatic heterocycles. The molecule has 0 saturated carbocycles. The van der Waals surface area contributed by atoms with Gasteiger partial charge in [0.25, 0.3) is 0 Å². The Morgan fingerprint density at radius 1 is 1.06 bits per heavy atom. The minimum Gasteiger partial charge on any atom is -0.309 e. The smallest absolute Gasteiger partial charge is 0.128 e. The van der Waals surface area contributed by atoms with E-state index in [0.717, 1.165) is 15.1 Å². The van der Waals surface area contributed by atoms with Crippen LogP contribution in [0, 0.1) is 5.82 Å². The number of rotatable bonds is 4. The fourth-order valence-electron chi connectivity index (χ4n) is 1.61. The molecule has 2 rings (SSSR count). The van der Waals surface area contributed by atoms with Crippen LogP contribution in [-0.4, -0.2) is 0 Å². The number of hydrogen-bond donors (Lipinski definition) is 1. The van der Waals surface area contributed by atoms with E-state index in [-0.39, 0.29) is 5.82 Å². The lowest BCUT2D eigenvalue weighted by atomic mass is 10.2. The van der Waals surface area contributed by atoms with Gasteiger partial charge in [0.15, 0.2) is 0 Å². The molecule has 2 aromatic carbocycles. The van der Waals surface area contributed by atoms with Crippen LogP contribution in [-0.2, 0) is 13.1 Å². The van der Waals surface area contributed by atoms with Crippen molar-refractivity contribution >= 4 is 27.5 Å². The Labute approximate surface area is 119 Å². The van der Waals surface area contributed by atoms with E-state index >= 15 is 0 Å². The number of hydrogen-bond acceptors (Lipinski definition) is 1. The highest BCUT2D eigenvalue weighted by Gasteiger charge is 2.02. The van der Waals surface area contributed by atoms with Gasteiger partial charge in [0.2, 0.25) is 0 Å². The van der Waals surface area contributed by atoms with E-state index in [9.17, 15) is 4.39 Å². The van der Waals surface area contributed by atoms with Crippen LogP contribution in [0.25, 0.3) is 0 Å². The molecular weight excluding hydrogens is 317 g/mol. The summed E-state index contributed by atoms with van der Waals surface area (Å²) in [6, 6.07) is 12.7. The second-order valence-corrected chi connectivity index (χ2v) is 5.32. The number of benzene rings is 2. The maximum Gasteiger partial charge on any atom is 0.128 e. The minimum absolute atomic E-state index is 0.201. The highest BCUT2D eigenvalue weighted by atomic mass is 79.9. The molecule has 18 heavy (non-hydrogen) atoms. The van der Waals surface area contributed by atoms with Crippen molar-refractivity contribution < 1.29 is 4.39 Å². The van der Waals surface area contributed by atoms with E-state index in [2.05, 4.69) is 21.2 Å². The molecule has 0 atom stereocenters. The molecule has 0 radical (unpaired) electrons. The molecule has 1 N–H and O–H groups in total. The van der Waals surface area contributed by atoms with Crippen molar-refractivity contribution in [1.29, 1.82) is 0 Å². The van der Waals surface area contributed by atoms with E-state index in [1.807, 2.05) is 30.3 Å². The van der Waals surface area contributed by atoms with Crippen molar-refractivity contribution in [2.75, 3.05) is 0 Å². The summed E-state index contributed by atoms with van der Waals surface area (Å²) >= 11 is 9.04. The summed E-state index contributed by atoms with van der Waals surface area (Å²) in [5, 5.41) is 3.92. The van der Waals surface area contributed by atoms with Crippen molar-refractivity contribution in [3.63, 3.8) is 0 Å². The zero-order valence-corrected chi connectivity index (χ0v) is 11.9. The first-order valence-corrected chi connectivity index (χ1v) is 6.71. The maximum absolute atomic E-state index is 13.5. The van der Waals surface area contributed by atoms with Crippen LogP contribution >= 0.6 is 27.5 Å². The predicted molar refractivity (Wildman–Crippen MR) is 76.1 cm³/mol. The zero-order chi connectivity index (χ0) is 13.0. The van der Waals surface area contributed by atoms with E-state index in [4.69, 9.17) is 11.6 Å². The van der Waals surface area contributed by atoms with E-state index in [0.29, 0.717) is 18.7 Å². The van der Waals surface area contributed by atoms with E-state index in [1.54, 1.807) is 6.07 Å². The third kappa shape index (κ3) is 3.80. The van der Waals surface area contributed by atoms with Gasteiger partial charge in [-0.15, -0.1) is 0 Å². The van der Waals surface area contributed by atoms with Crippen LogP contribution < -0.4 is 5.32 Å². The van der Waals surface area contributed by atoms with Crippen LogP contribution in [0.3, 0.4) is 0 Å². The average molecular weight is 329 g/mol. The lowest BCUT2D eigenvalue weighted by Crippen LogP contribution is -2.13. The first-order valence-electron chi connectivity index (χ1n) is 5.54. The van der Waals surface area contributed by atoms with Crippen LogP contribution in [0.5, 0.6) is 0 Å². The molecule has 4 heteroatoms. The molecule has 0 spiro atoms. The van der Waals surface area contributed by atoms with Crippen LogP contribution in [0.15, 0.2) is 46.9 Å². The molecule has 94 valence electrons. The van der Waals surface area contributed by atoms with Gasteiger partial charge in [-0.1, -0.05) is 45.7 Å². The molecule has 1 nitrogen and oxygen atoms in total. The SMILES string of the molecule is Fc1cc(Br)ccc1CNCc1ccc(Cl)cc1. The molecular formula is C14H12BrClFN. The summed E-state index contributed by atoms with van der Waals surface area (Å²) in [6.07, 6.45) is 0. The van der Waals surface area contributed by atoms with E-state index in [1.165, 1.54) is 6.07 Å². The molecule has 0 heterocycles.